The van der Waals surface area contributed by atoms with Gasteiger partial charge in [-0.15, -0.1) is 0 Å². The number of halogens is 2. The molecular formula is C13H17Cl2NO. The Labute approximate surface area is 112 Å². The molecule has 17 heavy (non-hydrogen) atoms. The van der Waals surface area contributed by atoms with E-state index in [-0.39, 0.29) is 5.41 Å². The van der Waals surface area contributed by atoms with Gasteiger partial charge < -0.3 is 10.1 Å². The quantitative estimate of drug-likeness (QED) is 0.804. The molecule has 0 bridgehead atoms. The first-order valence-electron chi connectivity index (χ1n) is 5.84. The van der Waals surface area contributed by atoms with Crippen molar-refractivity contribution in [2.45, 2.75) is 18.3 Å². The molecule has 2 nitrogen and oxygen atoms in total. The van der Waals surface area contributed by atoms with Crippen LogP contribution in [0.2, 0.25) is 10.0 Å². The average Bonchev–Trinajstić information content (AvgIpc) is 3.05. The molecule has 0 aromatic heterocycles. The van der Waals surface area contributed by atoms with Crippen LogP contribution in [0.3, 0.4) is 0 Å². The fourth-order valence-electron chi connectivity index (χ4n) is 2.17. The van der Waals surface area contributed by atoms with Crippen molar-refractivity contribution >= 4 is 23.2 Å². The first-order valence-corrected chi connectivity index (χ1v) is 6.59. The van der Waals surface area contributed by atoms with E-state index in [2.05, 4.69) is 5.32 Å². The van der Waals surface area contributed by atoms with Crippen LogP contribution in [0, 0.1) is 0 Å². The molecule has 1 aliphatic carbocycles. The molecule has 0 saturated heterocycles. The molecule has 1 saturated carbocycles. The third kappa shape index (κ3) is 2.94. The highest BCUT2D eigenvalue weighted by Gasteiger charge is 2.46. The Morgan fingerprint density at radius 1 is 1.29 bits per heavy atom. The SMILES string of the molecule is COCCNCC1(c2c(Cl)cccc2Cl)CC1. The summed E-state index contributed by atoms with van der Waals surface area (Å²) in [5.74, 6) is 0. The summed E-state index contributed by atoms with van der Waals surface area (Å²) in [5.41, 5.74) is 1.25. The second-order valence-electron chi connectivity index (χ2n) is 4.55. The van der Waals surface area contributed by atoms with Crippen LogP contribution in [0.1, 0.15) is 18.4 Å². The van der Waals surface area contributed by atoms with Gasteiger partial charge in [-0.25, -0.2) is 0 Å². The van der Waals surface area contributed by atoms with E-state index in [1.165, 1.54) is 0 Å². The Balaban J connectivity index is 2.05. The van der Waals surface area contributed by atoms with Gasteiger partial charge in [0.25, 0.3) is 0 Å². The monoisotopic (exact) mass is 273 g/mol. The van der Waals surface area contributed by atoms with E-state index in [1.807, 2.05) is 18.2 Å². The van der Waals surface area contributed by atoms with Crippen molar-refractivity contribution < 1.29 is 4.74 Å². The van der Waals surface area contributed by atoms with Crippen molar-refractivity contribution in [3.8, 4) is 0 Å². The van der Waals surface area contributed by atoms with Crippen LogP contribution in [0.25, 0.3) is 0 Å². The molecule has 2 rings (SSSR count). The molecule has 1 N–H and O–H groups in total. The van der Waals surface area contributed by atoms with Crippen LogP contribution in [0.15, 0.2) is 18.2 Å². The van der Waals surface area contributed by atoms with Gasteiger partial charge in [0.05, 0.1) is 6.61 Å². The van der Waals surface area contributed by atoms with Gasteiger partial charge >= 0.3 is 0 Å². The zero-order chi connectivity index (χ0) is 12.3. The zero-order valence-corrected chi connectivity index (χ0v) is 11.4. The number of hydrogen-bond donors (Lipinski definition) is 1. The predicted octanol–water partition coefficient (Wildman–Crippen LogP) is 3.26. The minimum absolute atomic E-state index is 0.142. The van der Waals surface area contributed by atoms with E-state index in [4.69, 9.17) is 27.9 Å². The van der Waals surface area contributed by atoms with Crippen molar-refractivity contribution in [1.82, 2.24) is 5.32 Å². The summed E-state index contributed by atoms with van der Waals surface area (Å²) in [7, 11) is 1.71. The third-order valence-electron chi connectivity index (χ3n) is 3.29. The molecule has 0 radical (unpaired) electrons. The van der Waals surface area contributed by atoms with Crippen LogP contribution in [-0.4, -0.2) is 26.8 Å². The lowest BCUT2D eigenvalue weighted by molar-refractivity contribution is 0.198. The number of benzene rings is 1. The Hall–Kier alpha value is -0.280. The van der Waals surface area contributed by atoms with E-state index in [1.54, 1.807) is 7.11 Å². The van der Waals surface area contributed by atoms with Crippen LogP contribution < -0.4 is 5.32 Å². The molecule has 0 spiro atoms. The fourth-order valence-corrected chi connectivity index (χ4v) is 2.97. The first-order chi connectivity index (χ1) is 8.19. The second-order valence-corrected chi connectivity index (χ2v) is 5.36. The minimum atomic E-state index is 0.142. The first kappa shape index (κ1) is 13.2. The van der Waals surface area contributed by atoms with Crippen molar-refractivity contribution in [2.75, 3.05) is 26.8 Å². The van der Waals surface area contributed by atoms with Gasteiger partial charge in [-0.2, -0.15) is 0 Å². The van der Waals surface area contributed by atoms with Crippen LogP contribution in [0.5, 0.6) is 0 Å². The molecule has 0 heterocycles. The van der Waals surface area contributed by atoms with Gasteiger partial charge in [0.1, 0.15) is 0 Å². The van der Waals surface area contributed by atoms with Gasteiger partial charge in [-0.3, -0.25) is 0 Å². The van der Waals surface area contributed by atoms with Gasteiger partial charge in [-0.1, -0.05) is 29.3 Å². The van der Waals surface area contributed by atoms with Gasteiger partial charge in [0.2, 0.25) is 0 Å². The topological polar surface area (TPSA) is 21.3 Å². The van der Waals surface area contributed by atoms with E-state index in [0.717, 1.165) is 48.1 Å². The Morgan fingerprint density at radius 2 is 1.94 bits per heavy atom. The molecule has 1 aromatic carbocycles. The molecule has 0 atom stereocenters. The van der Waals surface area contributed by atoms with Gasteiger partial charge in [-0.05, 0) is 30.5 Å². The highest BCUT2D eigenvalue weighted by Crippen LogP contribution is 2.52. The lowest BCUT2D eigenvalue weighted by Gasteiger charge is -2.19. The minimum Gasteiger partial charge on any atom is -0.383 e. The highest BCUT2D eigenvalue weighted by molar-refractivity contribution is 6.36. The summed E-state index contributed by atoms with van der Waals surface area (Å²) in [4.78, 5) is 0. The number of methoxy groups -OCH3 is 1. The van der Waals surface area contributed by atoms with Crippen LogP contribution in [-0.2, 0) is 10.2 Å². The summed E-state index contributed by atoms with van der Waals surface area (Å²) >= 11 is 12.5. The summed E-state index contributed by atoms with van der Waals surface area (Å²) in [6, 6.07) is 5.72. The Bertz CT molecular complexity index is 371. The number of rotatable bonds is 6. The van der Waals surface area contributed by atoms with E-state index >= 15 is 0 Å². The van der Waals surface area contributed by atoms with E-state index in [9.17, 15) is 0 Å². The largest absolute Gasteiger partial charge is 0.383 e. The summed E-state index contributed by atoms with van der Waals surface area (Å²) in [6.07, 6.45) is 2.30. The molecule has 0 unspecified atom stereocenters. The third-order valence-corrected chi connectivity index (χ3v) is 3.92. The smallest absolute Gasteiger partial charge is 0.0587 e. The van der Waals surface area contributed by atoms with Gasteiger partial charge in [0.15, 0.2) is 0 Å². The highest BCUT2D eigenvalue weighted by atomic mass is 35.5. The van der Waals surface area contributed by atoms with Crippen LogP contribution in [0.4, 0.5) is 0 Å². The average molecular weight is 274 g/mol. The second kappa shape index (κ2) is 5.57. The lowest BCUT2D eigenvalue weighted by atomic mass is 9.95. The molecule has 1 fully saturated rings. The van der Waals surface area contributed by atoms with Crippen LogP contribution >= 0.6 is 23.2 Å². The summed E-state index contributed by atoms with van der Waals surface area (Å²) < 4.78 is 5.02. The fraction of sp³-hybridized carbons (Fsp3) is 0.538. The lowest BCUT2D eigenvalue weighted by Crippen LogP contribution is -2.29. The maximum Gasteiger partial charge on any atom is 0.0587 e. The summed E-state index contributed by atoms with van der Waals surface area (Å²) in [6.45, 7) is 2.51. The summed E-state index contributed by atoms with van der Waals surface area (Å²) in [5, 5.41) is 4.96. The molecule has 1 aromatic rings. The predicted molar refractivity (Wildman–Crippen MR) is 72.1 cm³/mol. The maximum absolute atomic E-state index is 6.26. The van der Waals surface area contributed by atoms with E-state index < -0.39 is 0 Å². The van der Waals surface area contributed by atoms with Crippen molar-refractivity contribution in [2.24, 2.45) is 0 Å². The van der Waals surface area contributed by atoms with Crippen molar-refractivity contribution in [3.05, 3.63) is 33.8 Å². The Kier molecular flexibility index (Phi) is 4.31. The maximum atomic E-state index is 6.26. The number of ether oxygens (including phenoxy) is 1. The van der Waals surface area contributed by atoms with Crippen molar-refractivity contribution in [1.29, 1.82) is 0 Å². The number of nitrogens with one attached hydrogen (secondary N) is 1. The molecule has 4 heteroatoms. The standard InChI is InChI=1S/C13H17Cl2NO/c1-17-8-7-16-9-13(5-6-13)12-10(14)3-2-4-11(12)15/h2-4,16H,5-9H2,1H3. The number of hydrogen-bond acceptors (Lipinski definition) is 2. The van der Waals surface area contributed by atoms with E-state index in [0.29, 0.717) is 0 Å². The molecular weight excluding hydrogens is 257 g/mol. The molecule has 0 aliphatic heterocycles. The van der Waals surface area contributed by atoms with Gasteiger partial charge in [0, 0.05) is 35.7 Å². The molecule has 1 aliphatic rings. The zero-order valence-electron chi connectivity index (χ0n) is 9.93. The normalized spacial score (nSPS) is 17.1. The molecule has 0 amide bonds. The molecule has 94 valence electrons. The Morgan fingerprint density at radius 3 is 2.47 bits per heavy atom. The van der Waals surface area contributed by atoms with Crippen molar-refractivity contribution in [3.63, 3.8) is 0 Å².